The van der Waals surface area contributed by atoms with Crippen LogP contribution in [0.4, 0.5) is 5.69 Å². The molecule has 0 bridgehead atoms. The first-order valence-corrected chi connectivity index (χ1v) is 5.42. The zero-order valence-electron chi connectivity index (χ0n) is 6.21. The van der Waals surface area contributed by atoms with Crippen molar-refractivity contribution in [3.8, 4) is 0 Å². The van der Waals surface area contributed by atoms with E-state index >= 15 is 0 Å². The molecule has 1 rings (SSSR count). The summed E-state index contributed by atoms with van der Waals surface area (Å²) >= 11 is 5.83. The number of nitrogens with zero attached hydrogens (tertiary/aromatic N) is 1. The Morgan fingerprint density at radius 2 is 2.07 bits per heavy atom. The van der Waals surface area contributed by atoms with Gasteiger partial charge in [-0.05, 0) is 0 Å². The Morgan fingerprint density at radius 1 is 1.57 bits per heavy atom. The zero-order valence-corrected chi connectivity index (χ0v) is 9.41. The molecule has 0 amide bonds. The van der Waals surface area contributed by atoms with Gasteiger partial charge >= 0.3 is 10.1 Å². The van der Waals surface area contributed by atoms with Crippen LogP contribution >= 0.6 is 35.3 Å². The molecule has 0 fully saturated rings. The van der Waals surface area contributed by atoms with Crippen molar-refractivity contribution in [2.24, 2.45) is 0 Å². The molecule has 0 aliphatic rings. The smallest absolute Gasteiger partial charge is 0.281 e. The molecule has 0 aliphatic heterocycles. The molecule has 6 nitrogen and oxygen atoms in total. The van der Waals surface area contributed by atoms with E-state index in [9.17, 15) is 18.5 Å². The van der Waals surface area contributed by atoms with E-state index in [0.717, 1.165) is 5.38 Å². The Hall–Kier alpha value is -0.410. The lowest BCUT2D eigenvalue weighted by Crippen LogP contribution is -1.95. The van der Waals surface area contributed by atoms with E-state index in [0.29, 0.717) is 11.3 Å². The van der Waals surface area contributed by atoms with Gasteiger partial charge in [0.05, 0.1) is 10.3 Å². The van der Waals surface area contributed by atoms with E-state index in [4.69, 9.17) is 16.2 Å². The molecule has 80 valence electrons. The summed E-state index contributed by atoms with van der Waals surface area (Å²) in [4.78, 5) is 9.39. The van der Waals surface area contributed by atoms with E-state index < -0.39 is 30.0 Å². The second-order valence-corrected chi connectivity index (χ2v) is 4.83. The first kappa shape index (κ1) is 13.6. The standard InChI is InChI=1S/C4H2ClNO5S2.ClH/c5-3-2(6(7)8)1-12-4(3)13(9,10)11;/h1H,(H,9,10,11);1H. The van der Waals surface area contributed by atoms with Crippen LogP contribution in [0.25, 0.3) is 0 Å². The normalized spacial score (nSPS) is 10.7. The molecule has 1 heterocycles. The summed E-state index contributed by atoms with van der Waals surface area (Å²) < 4.78 is 29.0. The van der Waals surface area contributed by atoms with Crippen LogP contribution in [-0.2, 0) is 10.1 Å². The molecule has 1 aromatic heterocycles. The maximum atomic E-state index is 10.5. The average Bonchev–Trinajstić information content (AvgIpc) is 2.28. The molecule has 0 radical (unpaired) electrons. The van der Waals surface area contributed by atoms with Gasteiger partial charge in [-0.1, -0.05) is 11.6 Å². The Kier molecular flexibility index (Phi) is 4.28. The molecule has 0 aromatic carbocycles. The van der Waals surface area contributed by atoms with Crippen molar-refractivity contribution >= 4 is 51.2 Å². The minimum atomic E-state index is -4.46. The highest BCUT2D eigenvalue weighted by molar-refractivity contribution is 7.88. The van der Waals surface area contributed by atoms with Crippen molar-refractivity contribution in [3.63, 3.8) is 0 Å². The van der Waals surface area contributed by atoms with Crippen LogP contribution < -0.4 is 0 Å². The predicted molar refractivity (Wildman–Crippen MR) is 53.0 cm³/mol. The van der Waals surface area contributed by atoms with Crippen LogP contribution in [0.3, 0.4) is 0 Å². The number of hydrogen-bond acceptors (Lipinski definition) is 5. The van der Waals surface area contributed by atoms with Crippen molar-refractivity contribution in [1.82, 2.24) is 0 Å². The second-order valence-electron chi connectivity index (χ2n) is 1.95. The van der Waals surface area contributed by atoms with E-state index in [-0.39, 0.29) is 12.4 Å². The molecule has 1 N–H and O–H groups in total. The van der Waals surface area contributed by atoms with Crippen LogP contribution in [-0.4, -0.2) is 17.9 Å². The van der Waals surface area contributed by atoms with E-state index in [1.807, 2.05) is 0 Å². The summed E-state index contributed by atoms with van der Waals surface area (Å²) in [6.07, 6.45) is 0. The monoisotopic (exact) mass is 279 g/mol. The molecule has 14 heavy (non-hydrogen) atoms. The van der Waals surface area contributed by atoms with Crippen LogP contribution in [0, 0.1) is 10.1 Å². The molecule has 0 aliphatic carbocycles. The number of halogens is 2. The van der Waals surface area contributed by atoms with E-state index in [1.54, 1.807) is 0 Å². The minimum Gasteiger partial charge on any atom is -0.281 e. The Labute approximate surface area is 93.8 Å². The molecule has 0 unspecified atom stereocenters. The Bertz CT molecular complexity index is 452. The first-order valence-electron chi connectivity index (χ1n) is 2.73. The van der Waals surface area contributed by atoms with Crippen LogP contribution in [0.15, 0.2) is 9.59 Å². The third-order valence-corrected chi connectivity index (χ3v) is 4.07. The fourth-order valence-electron chi connectivity index (χ4n) is 0.615. The van der Waals surface area contributed by atoms with Crippen LogP contribution in [0.2, 0.25) is 5.02 Å². The van der Waals surface area contributed by atoms with Gasteiger partial charge in [0.15, 0.2) is 9.23 Å². The van der Waals surface area contributed by atoms with Gasteiger partial charge in [-0.3, -0.25) is 14.7 Å². The molecule has 0 atom stereocenters. The highest BCUT2D eigenvalue weighted by Crippen LogP contribution is 2.36. The van der Waals surface area contributed by atoms with Gasteiger partial charge in [-0.15, -0.1) is 23.7 Å². The van der Waals surface area contributed by atoms with Crippen molar-refractivity contribution in [2.75, 3.05) is 0 Å². The molecular weight excluding hydrogens is 277 g/mol. The second kappa shape index (κ2) is 4.41. The van der Waals surface area contributed by atoms with Gasteiger partial charge in [0.1, 0.15) is 0 Å². The quantitative estimate of drug-likeness (QED) is 0.507. The van der Waals surface area contributed by atoms with Gasteiger partial charge in [0.2, 0.25) is 0 Å². The third kappa shape index (κ3) is 2.55. The number of rotatable bonds is 2. The summed E-state index contributed by atoms with van der Waals surface area (Å²) in [5.41, 5.74) is -0.528. The highest BCUT2D eigenvalue weighted by Gasteiger charge is 2.26. The zero-order chi connectivity index (χ0) is 10.2. The number of hydrogen-bond donors (Lipinski definition) is 1. The van der Waals surface area contributed by atoms with Gasteiger partial charge < -0.3 is 0 Å². The average molecular weight is 280 g/mol. The molecule has 1 aromatic rings. The maximum absolute atomic E-state index is 10.5. The van der Waals surface area contributed by atoms with Gasteiger partial charge in [0, 0.05) is 0 Å². The first-order chi connectivity index (χ1) is 5.84. The van der Waals surface area contributed by atoms with Crippen molar-refractivity contribution in [3.05, 3.63) is 20.5 Å². The van der Waals surface area contributed by atoms with E-state index in [2.05, 4.69) is 0 Å². The Balaban J connectivity index is 0.00000169. The summed E-state index contributed by atoms with van der Waals surface area (Å²) in [6.45, 7) is 0. The summed E-state index contributed by atoms with van der Waals surface area (Å²) in [5, 5.41) is 10.6. The molecule has 0 saturated heterocycles. The molecule has 0 saturated carbocycles. The summed E-state index contributed by atoms with van der Waals surface area (Å²) in [5.74, 6) is 0. The van der Waals surface area contributed by atoms with Crippen molar-refractivity contribution in [2.45, 2.75) is 4.21 Å². The van der Waals surface area contributed by atoms with Gasteiger partial charge in [-0.25, -0.2) is 0 Å². The molecule has 0 spiro atoms. The molecular formula is C4H3Cl2NO5S2. The predicted octanol–water partition coefficient (Wildman–Crippen LogP) is 1.98. The maximum Gasteiger partial charge on any atom is 0.305 e. The Morgan fingerprint density at radius 3 is 2.29 bits per heavy atom. The number of nitro groups is 1. The SMILES string of the molecule is Cl.O=[N+]([O-])c1csc(S(=O)(=O)O)c1Cl. The third-order valence-electron chi connectivity index (χ3n) is 1.11. The van der Waals surface area contributed by atoms with Gasteiger partial charge in [-0.2, -0.15) is 8.42 Å². The highest BCUT2D eigenvalue weighted by atomic mass is 35.5. The van der Waals surface area contributed by atoms with Gasteiger partial charge in [0.25, 0.3) is 5.69 Å². The van der Waals surface area contributed by atoms with Crippen molar-refractivity contribution < 1.29 is 17.9 Å². The van der Waals surface area contributed by atoms with Crippen LogP contribution in [0.1, 0.15) is 0 Å². The lowest BCUT2D eigenvalue weighted by atomic mass is 10.5. The van der Waals surface area contributed by atoms with Crippen LogP contribution in [0.5, 0.6) is 0 Å². The van der Waals surface area contributed by atoms with Crippen molar-refractivity contribution in [1.29, 1.82) is 0 Å². The topological polar surface area (TPSA) is 97.5 Å². The molecule has 10 heteroatoms. The largest absolute Gasteiger partial charge is 0.305 e. The summed E-state index contributed by atoms with van der Waals surface area (Å²) in [7, 11) is -4.46. The lowest BCUT2D eigenvalue weighted by Gasteiger charge is -1.90. The fraction of sp³-hybridized carbons (Fsp3) is 0. The minimum absolute atomic E-state index is 0. The number of thiophene rings is 1. The fourth-order valence-corrected chi connectivity index (χ4v) is 2.82. The van der Waals surface area contributed by atoms with E-state index in [1.165, 1.54) is 0 Å². The lowest BCUT2D eigenvalue weighted by molar-refractivity contribution is -0.384. The summed E-state index contributed by atoms with van der Waals surface area (Å²) in [6, 6.07) is 0.